The number of carbonyl (C=O) groups is 3. The number of rotatable bonds is 6. The molecule has 0 radical (unpaired) electrons. The van der Waals surface area contributed by atoms with Crippen molar-refractivity contribution in [2.75, 3.05) is 10.2 Å². The fourth-order valence-corrected chi connectivity index (χ4v) is 4.12. The highest BCUT2D eigenvalue weighted by Crippen LogP contribution is 2.31. The van der Waals surface area contributed by atoms with Gasteiger partial charge in [-0.15, -0.1) is 0 Å². The number of carbonyl (C=O) groups excluding carboxylic acids is 3. The molecule has 0 unspecified atom stereocenters. The van der Waals surface area contributed by atoms with Crippen LogP contribution in [0.1, 0.15) is 10.4 Å². The molecule has 2 amide bonds. The van der Waals surface area contributed by atoms with Crippen LogP contribution in [-0.2, 0) is 9.59 Å². The summed E-state index contributed by atoms with van der Waals surface area (Å²) < 4.78 is 5.48. The van der Waals surface area contributed by atoms with Crippen molar-refractivity contribution < 1.29 is 19.1 Å². The van der Waals surface area contributed by atoms with E-state index in [1.54, 1.807) is 60.7 Å². The second-order valence-corrected chi connectivity index (χ2v) is 8.91. The number of hydrogen-bond donors (Lipinski definition) is 1. The molecule has 0 spiro atoms. The van der Waals surface area contributed by atoms with Crippen molar-refractivity contribution in [1.29, 1.82) is 0 Å². The van der Waals surface area contributed by atoms with Crippen molar-refractivity contribution >= 4 is 52.4 Å². The molecule has 182 valence electrons. The van der Waals surface area contributed by atoms with Gasteiger partial charge in [-0.05, 0) is 71.8 Å². The highest BCUT2D eigenvalue weighted by atomic mass is 35.5. The molecule has 4 aromatic carbocycles. The number of hydrogen-bond acceptors (Lipinski definition) is 5. The molecule has 0 aliphatic carbocycles. The van der Waals surface area contributed by atoms with Gasteiger partial charge in [0.15, 0.2) is 0 Å². The zero-order valence-electron chi connectivity index (χ0n) is 19.2. The maximum Gasteiger partial charge on any atom is 0.343 e. The molecule has 1 heterocycles. The third kappa shape index (κ3) is 5.11. The average Bonchev–Trinajstić information content (AvgIpc) is 3.13. The summed E-state index contributed by atoms with van der Waals surface area (Å²) in [6, 6.07) is 29.7. The highest BCUT2D eigenvalue weighted by Gasteiger charge is 2.38. The van der Waals surface area contributed by atoms with Crippen molar-refractivity contribution in [2.24, 2.45) is 0 Å². The largest absolute Gasteiger partial charge is 0.423 e. The minimum absolute atomic E-state index is 0.0598. The Labute approximate surface area is 222 Å². The van der Waals surface area contributed by atoms with E-state index in [0.29, 0.717) is 27.7 Å². The lowest BCUT2D eigenvalue weighted by Gasteiger charge is -2.15. The number of anilines is 2. The molecule has 8 heteroatoms. The minimum atomic E-state index is -0.644. The van der Waals surface area contributed by atoms with E-state index in [1.165, 1.54) is 0 Å². The predicted octanol–water partition coefficient (Wildman–Crippen LogP) is 6.66. The minimum Gasteiger partial charge on any atom is -0.423 e. The number of nitrogens with zero attached hydrogens (tertiary/aromatic N) is 1. The van der Waals surface area contributed by atoms with Gasteiger partial charge in [0.2, 0.25) is 0 Å². The van der Waals surface area contributed by atoms with E-state index in [2.05, 4.69) is 5.32 Å². The summed E-state index contributed by atoms with van der Waals surface area (Å²) >= 11 is 12.1. The molecule has 1 aliphatic rings. The third-order valence-corrected chi connectivity index (χ3v) is 6.28. The highest BCUT2D eigenvalue weighted by molar-refractivity contribution is 6.53. The molecule has 1 N–H and O–H groups in total. The lowest BCUT2D eigenvalue weighted by atomic mass is 10.1. The maximum atomic E-state index is 12.9. The standard InChI is InChI=1S/C29H18Cl2N2O4/c30-21-10-14-23(15-11-21)33-27(34)25(31)26(28(33)35)32-22-12-6-20(7-13-22)29(36)37-24-16-8-19(9-17-24)18-4-2-1-3-5-18/h1-17,32H. The number of benzene rings is 4. The van der Waals surface area contributed by atoms with Gasteiger partial charge in [0.25, 0.3) is 11.8 Å². The van der Waals surface area contributed by atoms with Crippen LogP contribution in [0.2, 0.25) is 5.02 Å². The van der Waals surface area contributed by atoms with Crippen LogP contribution < -0.4 is 15.0 Å². The van der Waals surface area contributed by atoms with Crippen molar-refractivity contribution in [1.82, 2.24) is 0 Å². The Morgan fingerprint density at radius 2 is 1.32 bits per heavy atom. The zero-order valence-corrected chi connectivity index (χ0v) is 20.7. The van der Waals surface area contributed by atoms with E-state index in [-0.39, 0.29) is 10.7 Å². The topological polar surface area (TPSA) is 75.7 Å². The summed E-state index contributed by atoms with van der Waals surface area (Å²) in [5.74, 6) is -1.35. The summed E-state index contributed by atoms with van der Waals surface area (Å²) in [6.45, 7) is 0. The molecule has 0 fully saturated rings. The maximum absolute atomic E-state index is 12.9. The number of esters is 1. The number of ether oxygens (including phenoxy) is 1. The Kier molecular flexibility index (Phi) is 6.77. The van der Waals surface area contributed by atoms with Crippen LogP contribution in [0.25, 0.3) is 11.1 Å². The van der Waals surface area contributed by atoms with E-state index < -0.39 is 17.8 Å². The van der Waals surface area contributed by atoms with Crippen molar-refractivity contribution in [3.63, 3.8) is 0 Å². The van der Waals surface area contributed by atoms with Crippen molar-refractivity contribution in [3.05, 3.63) is 124 Å². The van der Waals surface area contributed by atoms with Gasteiger partial charge in [0, 0.05) is 10.7 Å². The van der Waals surface area contributed by atoms with E-state index >= 15 is 0 Å². The molecule has 0 saturated heterocycles. The van der Waals surface area contributed by atoms with Crippen LogP contribution in [0.15, 0.2) is 114 Å². The van der Waals surface area contributed by atoms with E-state index in [0.717, 1.165) is 16.0 Å². The van der Waals surface area contributed by atoms with Crippen LogP contribution in [0.4, 0.5) is 11.4 Å². The molecule has 6 nitrogen and oxygen atoms in total. The molecule has 4 aromatic rings. The van der Waals surface area contributed by atoms with Gasteiger partial charge in [-0.2, -0.15) is 0 Å². The Hall–Kier alpha value is -4.39. The first-order chi connectivity index (χ1) is 17.9. The summed E-state index contributed by atoms with van der Waals surface area (Å²) in [4.78, 5) is 39.1. The van der Waals surface area contributed by atoms with Gasteiger partial charge in [-0.25, -0.2) is 9.69 Å². The number of amides is 2. The fraction of sp³-hybridized carbons (Fsp3) is 0. The third-order valence-electron chi connectivity index (χ3n) is 5.67. The molecule has 37 heavy (non-hydrogen) atoms. The quantitative estimate of drug-likeness (QED) is 0.172. The first kappa shape index (κ1) is 24.3. The SMILES string of the molecule is O=C(Oc1ccc(-c2ccccc2)cc1)c1ccc(NC2=C(Cl)C(=O)N(c3ccc(Cl)cc3)C2=O)cc1. The number of halogens is 2. The summed E-state index contributed by atoms with van der Waals surface area (Å²) in [7, 11) is 0. The smallest absolute Gasteiger partial charge is 0.343 e. The summed E-state index contributed by atoms with van der Waals surface area (Å²) in [6.07, 6.45) is 0. The lowest BCUT2D eigenvalue weighted by Crippen LogP contribution is -2.32. The van der Waals surface area contributed by atoms with Crippen LogP contribution in [-0.4, -0.2) is 17.8 Å². The summed E-state index contributed by atoms with van der Waals surface area (Å²) in [5.41, 5.74) is 3.15. The molecule has 0 bridgehead atoms. The molecular formula is C29H18Cl2N2O4. The van der Waals surface area contributed by atoms with Crippen molar-refractivity contribution in [2.45, 2.75) is 0 Å². The predicted molar refractivity (Wildman–Crippen MR) is 144 cm³/mol. The van der Waals surface area contributed by atoms with Crippen LogP contribution >= 0.6 is 23.2 Å². The van der Waals surface area contributed by atoms with Gasteiger partial charge in [0.05, 0.1) is 11.3 Å². The van der Waals surface area contributed by atoms with Crippen molar-refractivity contribution in [3.8, 4) is 16.9 Å². The second kappa shape index (κ2) is 10.3. The monoisotopic (exact) mass is 528 g/mol. The van der Waals surface area contributed by atoms with E-state index in [1.807, 2.05) is 42.5 Å². The molecular weight excluding hydrogens is 511 g/mol. The van der Waals surface area contributed by atoms with E-state index in [4.69, 9.17) is 27.9 Å². The molecule has 0 atom stereocenters. The first-order valence-electron chi connectivity index (χ1n) is 11.2. The summed E-state index contributed by atoms with van der Waals surface area (Å²) in [5, 5.41) is 3.12. The van der Waals surface area contributed by atoms with Gasteiger partial charge in [0.1, 0.15) is 16.5 Å². The normalized spacial score (nSPS) is 13.2. The van der Waals surface area contributed by atoms with Gasteiger partial charge < -0.3 is 10.1 Å². The van der Waals surface area contributed by atoms with Gasteiger partial charge in [-0.3, -0.25) is 9.59 Å². The van der Waals surface area contributed by atoms with E-state index in [9.17, 15) is 14.4 Å². The lowest BCUT2D eigenvalue weighted by molar-refractivity contribution is -0.120. The Morgan fingerprint density at radius 1 is 0.703 bits per heavy atom. The molecule has 1 aliphatic heterocycles. The Bertz CT molecular complexity index is 1520. The van der Waals surface area contributed by atoms with Gasteiger partial charge >= 0.3 is 5.97 Å². The average molecular weight is 529 g/mol. The Morgan fingerprint density at radius 3 is 1.97 bits per heavy atom. The Balaban J connectivity index is 1.25. The molecule has 5 rings (SSSR count). The van der Waals surface area contributed by atoms with Crippen LogP contribution in [0.3, 0.4) is 0 Å². The molecule has 0 aromatic heterocycles. The van der Waals surface area contributed by atoms with Gasteiger partial charge in [-0.1, -0.05) is 65.7 Å². The molecule has 0 saturated carbocycles. The zero-order chi connectivity index (χ0) is 25.9. The first-order valence-corrected chi connectivity index (χ1v) is 12.0. The second-order valence-electron chi connectivity index (χ2n) is 8.09. The number of nitrogens with one attached hydrogen (secondary N) is 1. The van der Waals surface area contributed by atoms with Crippen LogP contribution in [0, 0.1) is 0 Å². The van der Waals surface area contributed by atoms with Crippen LogP contribution in [0.5, 0.6) is 5.75 Å². The number of imide groups is 1. The fourth-order valence-electron chi connectivity index (χ4n) is 3.78.